The van der Waals surface area contributed by atoms with Crippen LogP contribution >= 0.6 is 0 Å². The molecule has 0 N–H and O–H groups in total. The van der Waals surface area contributed by atoms with Gasteiger partial charge >= 0.3 is 11.9 Å². The Bertz CT molecular complexity index is 404. The predicted octanol–water partition coefficient (Wildman–Crippen LogP) is 3.31. The molecule has 1 saturated carbocycles. The van der Waals surface area contributed by atoms with Gasteiger partial charge in [0.25, 0.3) is 0 Å². The zero-order valence-corrected chi connectivity index (χ0v) is 13.9. The van der Waals surface area contributed by atoms with E-state index >= 15 is 0 Å². The second-order valence-corrected chi connectivity index (χ2v) is 6.45. The Morgan fingerprint density at radius 3 is 2.09 bits per heavy atom. The first-order valence-corrected chi connectivity index (χ1v) is 8.81. The summed E-state index contributed by atoms with van der Waals surface area (Å²) in [5.74, 6) is -0.865. The van der Waals surface area contributed by atoms with Gasteiger partial charge < -0.3 is 14.2 Å². The molecule has 1 heterocycles. The molecule has 1 aliphatic carbocycles. The highest BCUT2D eigenvalue weighted by Crippen LogP contribution is 2.20. The summed E-state index contributed by atoms with van der Waals surface area (Å²) in [6.45, 7) is 4.89. The molecule has 5 nitrogen and oxygen atoms in total. The van der Waals surface area contributed by atoms with Crippen molar-refractivity contribution in [1.82, 2.24) is 0 Å². The fraction of sp³-hybridized carbons (Fsp3) is 0.778. The standard InChI is InChI=1S/C18H28O5/c1-14(18(20)23-16-9-11-21-12-10-16)13-17(19)22-15-7-5-3-2-4-6-8-15/h15-16H,1-13H2. The van der Waals surface area contributed by atoms with Gasteiger partial charge in [-0.2, -0.15) is 0 Å². The highest BCUT2D eigenvalue weighted by atomic mass is 16.6. The van der Waals surface area contributed by atoms with E-state index in [1.54, 1.807) is 0 Å². The first-order valence-electron chi connectivity index (χ1n) is 8.81. The molecular formula is C18H28O5. The summed E-state index contributed by atoms with van der Waals surface area (Å²) >= 11 is 0. The summed E-state index contributed by atoms with van der Waals surface area (Å²) in [6, 6.07) is 0. The van der Waals surface area contributed by atoms with E-state index in [1.807, 2.05) is 0 Å². The molecule has 130 valence electrons. The zero-order chi connectivity index (χ0) is 16.5. The van der Waals surface area contributed by atoms with Crippen LogP contribution in [0.4, 0.5) is 0 Å². The van der Waals surface area contributed by atoms with Crippen LogP contribution < -0.4 is 0 Å². The zero-order valence-electron chi connectivity index (χ0n) is 13.9. The molecule has 0 amide bonds. The van der Waals surface area contributed by atoms with Gasteiger partial charge in [0.15, 0.2) is 0 Å². The van der Waals surface area contributed by atoms with Crippen LogP contribution in [0.1, 0.15) is 64.2 Å². The Labute approximate surface area is 138 Å². The van der Waals surface area contributed by atoms with E-state index < -0.39 is 5.97 Å². The average molecular weight is 324 g/mol. The first-order chi connectivity index (χ1) is 11.1. The molecule has 0 unspecified atom stereocenters. The number of hydrogen-bond acceptors (Lipinski definition) is 5. The number of hydrogen-bond donors (Lipinski definition) is 0. The van der Waals surface area contributed by atoms with E-state index in [0.29, 0.717) is 26.1 Å². The lowest BCUT2D eigenvalue weighted by Gasteiger charge is -2.23. The lowest BCUT2D eigenvalue weighted by molar-refractivity contribution is -0.154. The molecule has 0 aromatic carbocycles. The van der Waals surface area contributed by atoms with Crippen LogP contribution in [0, 0.1) is 0 Å². The Morgan fingerprint density at radius 2 is 1.43 bits per heavy atom. The number of esters is 2. The SMILES string of the molecule is C=C(CC(=O)OC1CCCCCCC1)C(=O)OC1CCOCC1. The van der Waals surface area contributed by atoms with Gasteiger partial charge in [0.1, 0.15) is 12.2 Å². The summed E-state index contributed by atoms with van der Waals surface area (Å²) in [7, 11) is 0. The maximum Gasteiger partial charge on any atom is 0.334 e. The van der Waals surface area contributed by atoms with Crippen molar-refractivity contribution >= 4 is 11.9 Å². The summed E-state index contributed by atoms with van der Waals surface area (Å²) in [5.41, 5.74) is 0.173. The Balaban J connectivity index is 1.70. The maximum absolute atomic E-state index is 12.0. The molecule has 0 aromatic rings. The molecule has 1 aliphatic heterocycles. The smallest absolute Gasteiger partial charge is 0.334 e. The van der Waals surface area contributed by atoms with Crippen molar-refractivity contribution in [1.29, 1.82) is 0 Å². The van der Waals surface area contributed by atoms with Crippen molar-refractivity contribution < 1.29 is 23.8 Å². The molecule has 23 heavy (non-hydrogen) atoms. The van der Waals surface area contributed by atoms with Crippen LogP contribution in [0.15, 0.2) is 12.2 Å². The molecule has 0 atom stereocenters. The first kappa shape index (κ1) is 18.0. The van der Waals surface area contributed by atoms with Crippen LogP contribution in [0.5, 0.6) is 0 Å². The summed E-state index contributed by atoms with van der Waals surface area (Å²) in [6.07, 6.45) is 8.91. The van der Waals surface area contributed by atoms with E-state index in [4.69, 9.17) is 14.2 Å². The number of carbonyl (C=O) groups is 2. The normalized spacial score (nSPS) is 21.0. The van der Waals surface area contributed by atoms with Crippen molar-refractivity contribution in [2.45, 2.75) is 76.4 Å². The summed E-state index contributed by atoms with van der Waals surface area (Å²) < 4.78 is 16.1. The van der Waals surface area contributed by atoms with Gasteiger partial charge in [-0.25, -0.2) is 4.79 Å². The molecule has 0 radical (unpaired) electrons. The third kappa shape index (κ3) is 6.73. The number of rotatable bonds is 5. The second-order valence-electron chi connectivity index (χ2n) is 6.45. The van der Waals surface area contributed by atoms with E-state index in [2.05, 4.69) is 6.58 Å². The van der Waals surface area contributed by atoms with Gasteiger partial charge in [0.2, 0.25) is 0 Å². The second kappa shape index (κ2) is 9.71. The van der Waals surface area contributed by atoms with Gasteiger partial charge in [-0.3, -0.25) is 4.79 Å². The third-order valence-electron chi connectivity index (χ3n) is 4.44. The average Bonchev–Trinajstić information content (AvgIpc) is 2.50. The molecule has 0 bridgehead atoms. The van der Waals surface area contributed by atoms with Crippen LogP contribution in [0.25, 0.3) is 0 Å². The molecule has 0 spiro atoms. The highest BCUT2D eigenvalue weighted by Gasteiger charge is 2.22. The monoisotopic (exact) mass is 324 g/mol. The minimum atomic E-state index is -0.494. The van der Waals surface area contributed by atoms with E-state index in [0.717, 1.165) is 25.7 Å². The van der Waals surface area contributed by atoms with Crippen molar-refractivity contribution in [2.24, 2.45) is 0 Å². The van der Waals surface area contributed by atoms with E-state index in [1.165, 1.54) is 19.3 Å². The van der Waals surface area contributed by atoms with Crippen molar-refractivity contribution in [3.05, 3.63) is 12.2 Å². The van der Waals surface area contributed by atoms with Gasteiger partial charge in [0, 0.05) is 18.4 Å². The lowest BCUT2D eigenvalue weighted by atomic mass is 9.98. The Hall–Kier alpha value is -1.36. The Morgan fingerprint density at radius 1 is 0.870 bits per heavy atom. The largest absolute Gasteiger partial charge is 0.462 e. The lowest BCUT2D eigenvalue weighted by Crippen LogP contribution is -2.27. The quantitative estimate of drug-likeness (QED) is 0.573. The predicted molar refractivity (Wildman–Crippen MR) is 85.9 cm³/mol. The van der Waals surface area contributed by atoms with Gasteiger partial charge in [-0.1, -0.05) is 25.8 Å². The molecule has 2 fully saturated rings. The van der Waals surface area contributed by atoms with E-state index in [-0.39, 0.29) is 30.2 Å². The number of ether oxygens (including phenoxy) is 3. The molecule has 0 aromatic heterocycles. The minimum Gasteiger partial charge on any atom is -0.462 e. The summed E-state index contributed by atoms with van der Waals surface area (Å²) in [4.78, 5) is 24.0. The molecule has 2 aliphatic rings. The maximum atomic E-state index is 12.0. The molecule has 5 heteroatoms. The molecule has 1 saturated heterocycles. The molecular weight excluding hydrogens is 296 g/mol. The minimum absolute atomic E-state index is 0.0119. The van der Waals surface area contributed by atoms with E-state index in [9.17, 15) is 9.59 Å². The van der Waals surface area contributed by atoms with Gasteiger partial charge in [-0.15, -0.1) is 0 Å². The summed E-state index contributed by atoms with van der Waals surface area (Å²) in [5, 5.41) is 0. The van der Waals surface area contributed by atoms with Crippen LogP contribution in [-0.4, -0.2) is 37.4 Å². The van der Waals surface area contributed by atoms with Crippen molar-refractivity contribution in [2.75, 3.05) is 13.2 Å². The van der Waals surface area contributed by atoms with Gasteiger partial charge in [0.05, 0.1) is 19.6 Å². The molecule has 2 rings (SSSR count). The number of carbonyl (C=O) groups excluding carboxylic acids is 2. The van der Waals surface area contributed by atoms with Crippen molar-refractivity contribution in [3.8, 4) is 0 Å². The van der Waals surface area contributed by atoms with Gasteiger partial charge in [-0.05, 0) is 25.7 Å². The third-order valence-corrected chi connectivity index (χ3v) is 4.44. The fourth-order valence-corrected chi connectivity index (χ4v) is 3.04. The topological polar surface area (TPSA) is 61.8 Å². The van der Waals surface area contributed by atoms with Crippen LogP contribution in [0.3, 0.4) is 0 Å². The van der Waals surface area contributed by atoms with Crippen LogP contribution in [0.2, 0.25) is 0 Å². The fourth-order valence-electron chi connectivity index (χ4n) is 3.04. The van der Waals surface area contributed by atoms with Crippen molar-refractivity contribution in [3.63, 3.8) is 0 Å². The Kier molecular flexibility index (Phi) is 7.59. The van der Waals surface area contributed by atoms with Crippen LogP contribution in [-0.2, 0) is 23.8 Å². The highest BCUT2D eigenvalue weighted by molar-refractivity contribution is 5.93.